The fourth-order valence-corrected chi connectivity index (χ4v) is 3.44. The van der Waals surface area contributed by atoms with Crippen LogP contribution in [0.25, 0.3) is 0 Å². The van der Waals surface area contributed by atoms with Crippen LogP contribution in [0.2, 0.25) is 0 Å². The van der Waals surface area contributed by atoms with E-state index < -0.39 is 30.3 Å². The number of amides is 6. The molecule has 3 rings (SSSR count). The lowest BCUT2D eigenvalue weighted by molar-refractivity contribution is -0.144. The lowest BCUT2D eigenvalue weighted by Gasteiger charge is -2.20. The lowest BCUT2D eigenvalue weighted by Crippen LogP contribution is -2.41. The van der Waals surface area contributed by atoms with Gasteiger partial charge in [-0.15, -0.1) is 0 Å². The molecule has 1 aromatic carbocycles. The van der Waals surface area contributed by atoms with Gasteiger partial charge >= 0.3 is 17.8 Å². The van der Waals surface area contributed by atoms with Crippen molar-refractivity contribution in [3.63, 3.8) is 0 Å². The van der Waals surface area contributed by atoms with Crippen LogP contribution >= 0.6 is 0 Å². The summed E-state index contributed by atoms with van der Waals surface area (Å²) in [5, 5.41) is 2.56. The van der Waals surface area contributed by atoms with Gasteiger partial charge in [0, 0.05) is 31.4 Å². The van der Waals surface area contributed by atoms with E-state index in [2.05, 4.69) is 5.32 Å². The van der Waals surface area contributed by atoms with Crippen molar-refractivity contribution in [1.29, 1.82) is 0 Å². The highest BCUT2D eigenvalue weighted by atomic mass is 16.2. The molecule has 1 N–H and O–H groups in total. The first-order chi connectivity index (χ1) is 13.3. The molecule has 6 amide bonds. The first-order valence-corrected chi connectivity index (χ1v) is 9.10. The second kappa shape index (κ2) is 7.79. The second-order valence-corrected chi connectivity index (χ2v) is 7.11. The summed E-state index contributed by atoms with van der Waals surface area (Å²) in [6.07, 6.45) is 3.18. The molecule has 0 bridgehead atoms. The number of hydrogen-bond acceptors (Lipinski definition) is 5. The third kappa shape index (κ3) is 3.73. The Morgan fingerprint density at radius 1 is 1.04 bits per heavy atom. The van der Waals surface area contributed by atoms with Gasteiger partial charge in [-0.05, 0) is 37.1 Å². The molecule has 2 aliphatic rings. The molecule has 1 aromatic rings. The molecule has 0 spiro atoms. The van der Waals surface area contributed by atoms with E-state index in [4.69, 9.17) is 0 Å². The van der Waals surface area contributed by atoms with Gasteiger partial charge in [0.05, 0.1) is 0 Å². The van der Waals surface area contributed by atoms with E-state index >= 15 is 0 Å². The number of anilines is 1. The van der Waals surface area contributed by atoms with Crippen LogP contribution < -0.4 is 5.32 Å². The van der Waals surface area contributed by atoms with E-state index in [9.17, 15) is 24.0 Å². The third-order valence-corrected chi connectivity index (χ3v) is 4.90. The van der Waals surface area contributed by atoms with Crippen molar-refractivity contribution in [2.24, 2.45) is 0 Å². The fourth-order valence-electron chi connectivity index (χ4n) is 3.44. The maximum atomic E-state index is 12.5. The number of nitrogens with zero attached hydrogens (tertiary/aromatic N) is 3. The summed E-state index contributed by atoms with van der Waals surface area (Å²) < 4.78 is 0. The minimum atomic E-state index is -0.973. The van der Waals surface area contributed by atoms with Crippen molar-refractivity contribution in [3.05, 3.63) is 29.8 Å². The average Bonchev–Trinajstić information content (AvgIpc) is 3.25. The minimum absolute atomic E-state index is 0.170. The zero-order valence-electron chi connectivity index (χ0n) is 15.8. The van der Waals surface area contributed by atoms with Crippen LogP contribution in [0.4, 0.5) is 10.5 Å². The number of rotatable bonds is 5. The van der Waals surface area contributed by atoms with Gasteiger partial charge in [0.1, 0.15) is 6.54 Å². The monoisotopic (exact) mass is 386 g/mol. The van der Waals surface area contributed by atoms with E-state index in [0.717, 1.165) is 17.7 Å². The van der Waals surface area contributed by atoms with Gasteiger partial charge in [-0.25, -0.2) is 9.69 Å². The highest BCUT2D eigenvalue weighted by molar-refractivity contribution is 6.45. The zero-order chi connectivity index (χ0) is 20.4. The van der Waals surface area contributed by atoms with Crippen molar-refractivity contribution in [2.75, 3.05) is 26.0 Å². The van der Waals surface area contributed by atoms with Gasteiger partial charge in [-0.1, -0.05) is 12.8 Å². The van der Waals surface area contributed by atoms with Gasteiger partial charge in [0.2, 0.25) is 5.91 Å². The molecule has 0 radical (unpaired) electrons. The van der Waals surface area contributed by atoms with Crippen molar-refractivity contribution >= 4 is 35.3 Å². The maximum absolute atomic E-state index is 12.5. The van der Waals surface area contributed by atoms with E-state index in [1.54, 1.807) is 38.4 Å². The third-order valence-electron chi connectivity index (χ3n) is 4.90. The number of imide groups is 2. The molecule has 148 valence electrons. The maximum Gasteiger partial charge on any atom is 0.334 e. The van der Waals surface area contributed by atoms with E-state index in [1.165, 1.54) is 4.90 Å². The summed E-state index contributed by atoms with van der Waals surface area (Å²) >= 11 is 0. The molecule has 2 fully saturated rings. The Labute approximate surface area is 162 Å². The number of urea groups is 1. The molecule has 1 aliphatic carbocycles. The van der Waals surface area contributed by atoms with Gasteiger partial charge < -0.3 is 10.2 Å². The molecule has 9 heteroatoms. The molecule has 9 nitrogen and oxygen atoms in total. The zero-order valence-corrected chi connectivity index (χ0v) is 15.8. The van der Waals surface area contributed by atoms with Crippen LogP contribution in [0, 0.1) is 0 Å². The molecular weight excluding hydrogens is 364 g/mol. The number of nitrogens with one attached hydrogen (secondary N) is 1. The summed E-state index contributed by atoms with van der Waals surface area (Å²) in [7, 11) is 3.27. The number of carbonyl (C=O) groups is 5. The van der Waals surface area contributed by atoms with E-state index in [-0.39, 0.29) is 11.9 Å². The van der Waals surface area contributed by atoms with Crippen molar-refractivity contribution in [1.82, 2.24) is 14.7 Å². The van der Waals surface area contributed by atoms with Crippen LogP contribution in [0.5, 0.6) is 0 Å². The van der Waals surface area contributed by atoms with Crippen LogP contribution in [0.15, 0.2) is 24.3 Å². The summed E-state index contributed by atoms with van der Waals surface area (Å²) in [6.45, 7) is -0.537. The lowest BCUT2D eigenvalue weighted by atomic mass is 10.2. The molecule has 0 atom stereocenters. The number of benzene rings is 1. The summed E-state index contributed by atoms with van der Waals surface area (Å²) in [5.74, 6) is -2.61. The summed E-state index contributed by atoms with van der Waals surface area (Å²) in [6, 6.07) is 5.24. The Kier molecular flexibility index (Phi) is 5.43. The largest absolute Gasteiger partial charge is 0.345 e. The highest BCUT2D eigenvalue weighted by Gasteiger charge is 2.48. The smallest absolute Gasteiger partial charge is 0.334 e. The van der Waals surface area contributed by atoms with E-state index in [0.29, 0.717) is 29.0 Å². The molecule has 28 heavy (non-hydrogen) atoms. The van der Waals surface area contributed by atoms with Crippen molar-refractivity contribution in [3.8, 4) is 0 Å². The Morgan fingerprint density at radius 3 is 2.21 bits per heavy atom. The Balaban J connectivity index is 1.63. The quantitative estimate of drug-likeness (QED) is 0.601. The molecule has 0 unspecified atom stereocenters. The summed E-state index contributed by atoms with van der Waals surface area (Å²) in [4.78, 5) is 64.0. The first-order valence-electron chi connectivity index (χ1n) is 9.10. The van der Waals surface area contributed by atoms with Gasteiger partial charge in [-0.2, -0.15) is 0 Å². The molecule has 0 aromatic heterocycles. The molecular formula is C19H22N4O5. The SMILES string of the molecule is CN(C)C(=O)c1ccc(NC(=O)CN2C(=O)C(=O)N(C3CCCC3)C2=O)cc1. The highest BCUT2D eigenvalue weighted by Crippen LogP contribution is 2.27. The predicted octanol–water partition coefficient (Wildman–Crippen LogP) is 1.06. The van der Waals surface area contributed by atoms with Gasteiger partial charge in [-0.3, -0.25) is 24.1 Å². The van der Waals surface area contributed by atoms with E-state index in [1.807, 2.05) is 0 Å². The number of carbonyl (C=O) groups excluding carboxylic acids is 5. The van der Waals surface area contributed by atoms with Crippen LogP contribution in [-0.2, 0) is 14.4 Å². The van der Waals surface area contributed by atoms with Crippen LogP contribution in [0.1, 0.15) is 36.0 Å². The standard InChI is InChI=1S/C19H22N4O5/c1-21(2)16(25)12-7-9-13(10-8-12)20-15(24)11-22-17(26)18(27)23(19(22)28)14-5-3-4-6-14/h7-10,14H,3-6,11H2,1-2H3,(H,20,24). The van der Waals surface area contributed by atoms with Crippen molar-refractivity contribution in [2.45, 2.75) is 31.7 Å². The second-order valence-electron chi connectivity index (χ2n) is 7.11. The average molecular weight is 386 g/mol. The molecule has 1 saturated carbocycles. The van der Waals surface area contributed by atoms with Crippen LogP contribution in [0.3, 0.4) is 0 Å². The normalized spacial score (nSPS) is 17.4. The van der Waals surface area contributed by atoms with Gasteiger partial charge in [0.25, 0.3) is 5.91 Å². The predicted molar refractivity (Wildman–Crippen MR) is 99.3 cm³/mol. The van der Waals surface area contributed by atoms with Crippen LogP contribution in [-0.4, -0.2) is 71.0 Å². The molecule has 1 aliphatic heterocycles. The Bertz CT molecular complexity index is 827. The topological polar surface area (TPSA) is 107 Å². The minimum Gasteiger partial charge on any atom is -0.345 e. The molecule has 1 heterocycles. The Hall–Kier alpha value is -3.23. The first kappa shape index (κ1) is 19.5. The number of hydrogen-bond donors (Lipinski definition) is 1. The summed E-state index contributed by atoms with van der Waals surface area (Å²) in [5.41, 5.74) is 0.879. The van der Waals surface area contributed by atoms with Gasteiger partial charge in [0.15, 0.2) is 0 Å². The fraction of sp³-hybridized carbons (Fsp3) is 0.421. The molecule has 1 saturated heterocycles. The Morgan fingerprint density at radius 2 is 1.64 bits per heavy atom. The van der Waals surface area contributed by atoms with Crippen molar-refractivity contribution < 1.29 is 24.0 Å².